The molecule has 0 aliphatic carbocycles. The first-order valence-electron chi connectivity index (χ1n) is 5.31. The van der Waals surface area contributed by atoms with Gasteiger partial charge in [-0.25, -0.2) is 0 Å². The standard InChI is InChI=1S/C11H15N5/c1-10-2-3-11(9-13-10)8-12-4-6-16-7-5-14-15-16/h2-3,5,7,9,12H,4,6,8H2,1H3. The van der Waals surface area contributed by atoms with Crippen LogP contribution in [0.5, 0.6) is 0 Å². The van der Waals surface area contributed by atoms with Crippen molar-refractivity contribution in [1.29, 1.82) is 0 Å². The smallest absolute Gasteiger partial charge is 0.0692 e. The number of pyridine rings is 1. The van der Waals surface area contributed by atoms with Gasteiger partial charge in [0.2, 0.25) is 0 Å². The van der Waals surface area contributed by atoms with Gasteiger partial charge in [-0.15, -0.1) is 5.10 Å². The van der Waals surface area contributed by atoms with Crippen LogP contribution in [0.15, 0.2) is 30.7 Å². The SMILES string of the molecule is Cc1ccc(CNCCn2ccnn2)cn1. The van der Waals surface area contributed by atoms with E-state index in [9.17, 15) is 0 Å². The van der Waals surface area contributed by atoms with Crippen molar-refractivity contribution < 1.29 is 0 Å². The van der Waals surface area contributed by atoms with Gasteiger partial charge in [0.1, 0.15) is 0 Å². The molecule has 2 heterocycles. The number of rotatable bonds is 5. The van der Waals surface area contributed by atoms with Crippen molar-refractivity contribution >= 4 is 0 Å². The fourth-order valence-corrected chi connectivity index (χ4v) is 1.38. The lowest BCUT2D eigenvalue weighted by Crippen LogP contribution is -2.19. The second-order valence-electron chi connectivity index (χ2n) is 3.65. The number of aromatic nitrogens is 4. The highest BCUT2D eigenvalue weighted by Gasteiger charge is 1.94. The van der Waals surface area contributed by atoms with Gasteiger partial charge >= 0.3 is 0 Å². The maximum Gasteiger partial charge on any atom is 0.0692 e. The lowest BCUT2D eigenvalue weighted by Gasteiger charge is -2.04. The molecule has 16 heavy (non-hydrogen) atoms. The normalized spacial score (nSPS) is 10.6. The molecule has 1 N–H and O–H groups in total. The molecule has 0 saturated heterocycles. The molecule has 0 saturated carbocycles. The number of nitrogens with zero attached hydrogens (tertiary/aromatic N) is 4. The monoisotopic (exact) mass is 217 g/mol. The summed E-state index contributed by atoms with van der Waals surface area (Å²) in [4.78, 5) is 4.24. The molecule has 2 aromatic rings. The van der Waals surface area contributed by atoms with Crippen molar-refractivity contribution in [2.24, 2.45) is 0 Å². The molecule has 84 valence electrons. The Balaban J connectivity index is 1.70. The Bertz CT molecular complexity index is 406. The van der Waals surface area contributed by atoms with E-state index in [4.69, 9.17) is 0 Å². The first-order chi connectivity index (χ1) is 7.84. The Morgan fingerprint density at radius 3 is 3.00 bits per heavy atom. The highest BCUT2D eigenvalue weighted by molar-refractivity contribution is 5.12. The Morgan fingerprint density at radius 2 is 2.31 bits per heavy atom. The lowest BCUT2D eigenvalue weighted by molar-refractivity contribution is 0.540. The molecular weight excluding hydrogens is 202 g/mol. The van der Waals surface area contributed by atoms with Gasteiger partial charge in [-0.2, -0.15) is 0 Å². The fourth-order valence-electron chi connectivity index (χ4n) is 1.38. The Hall–Kier alpha value is -1.75. The highest BCUT2D eigenvalue weighted by Crippen LogP contribution is 1.98. The second-order valence-corrected chi connectivity index (χ2v) is 3.65. The van der Waals surface area contributed by atoms with Crippen molar-refractivity contribution in [2.75, 3.05) is 6.54 Å². The number of aryl methyl sites for hydroxylation is 1. The molecule has 0 spiro atoms. The summed E-state index contributed by atoms with van der Waals surface area (Å²) in [5.41, 5.74) is 2.25. The summed E-state index contributed by atoms with van der Waals surface area (Å²) in [5, 5.41) is 11.0. The topological polar surface area (TPSA) is 55.6 Å². The van der Waals surface area contributed by atoms with Gasteiger partial charge in [0.05, 0.1) is 12.7 Å². The first kappa shape index (κ1) is 10.8. The van der Waals surface area contributed by atoms with Crippen LogP contribution in [0.4, 0.5) is 0 Å². The Morgan fingerprint density at radius 1 is 1.38 bits per heavy atom. The van der Waals surface area contributed by atoms with E-state index in [2.05, 4.69) is 26.7 Å². The molecule has 0 aromatic carbocycles. The minimum Gasteiger partial charge on any atom is -0.311 e. The number of hydrogen-bond acceptors (Lipinski definition) is 4. The Kier molecular flexibility index (Phi) is 3.61. The number of nitrogens with one attached hydrogen (secondary N) is 1. The predicted octanol–water partition coefficient (Wildman–Crippen LogP) is 0.771. The molecular formula is C11H15N5. The molecule has 0 radical (unpaired) electrons. The minimum absolute atomic E-state index is 0.833. The van der Waals surface area contributed by atoms with Crippen molar-refractivity contribution in [3.63, 3.8) is 0 Å². The zero-order chi connectivity index (χ0) is 11.2. The van der Waals surface area contributed by atoms with E-state index >= 15 is 0 Å². The van der Waals surface area contributed by atoms with Gasteiger partial charge in [0.15, 0.2) is 0 Å². The third-order valence-electron chi connectivity index (χ3n) is 2.29. The van der Waals surface area contributed by atoms with E-state index in [0.717, 1.165) is 25.3 Å². The van der Waals surface area contributed by atoms with Crippen LogP contribution in [0.3, 0.4) is 0 Å². The molecule has 0 fully saturated rings. The summed E-state index contributed by atoms with van der Waals surface area (Å²) in [6.07, 6.45) is 5.44. The average molecular weight is 217 g/mol. The Labute approximate surface area is 94.5 Å². The van der Waals surface area contributed by atoms with E-state index < -0.39 is 0 Å². The highest BCUT2D eigenvalue weighted by atomic mass is 15.4. The number of hydrogen-bond donors (Lipinski definition) is 1. The van der Waals surface area contributed by atoms with Crippen LogP contribution in [-0.4, -0.2) is 26.5 Å². The molecule has 2 aromatic heterocycles. The van der Waals surface area contributed by atoms with Crippen molar-refractivity contribution in [1.82, 2.24) is 25.3 Å². The summed E-state index contributed by atoms with van der Waals surface area (Å²) in [7, 11) is 0. The summed E-state index contributed by atoms with van der Waals surface area (Å²) in [6, 6.07) is 4.11. The average Bonchev–Trinajstić information content (AvgIpc) is 2.80. The van der Waals surface area contributed by atoms with E-state index in [1.165, 1.54) is 5.56 Å². The van der Waals surface area contributed by atoms with Crippen molar-refractivity contribution in [3.8, 4) is 0 Å². The maximum absolute atomic E-state index is 4.24. The third-order valence-corrected chi connectivity index (χ3v) is 2.29. The van der Waals surface area contributed by atoms with E-state index in [0.29, 0.717) is 0 Å². The predicted molar refractivity (Wildman–Crippen MR) is 60.7 cm³/mol. The molecule has 0 atom stereocenters. The molecule has 0 bridgehead atoms. The summed E-state index contributed by atoms with van der Waals surface area (Å²) < 4.78 is 1.81. The minimum atomic E-state index is 0.833. The van der Waals surface area contributed by atoms with Crippen LogP contribution in [0, 0.1) is 6.92 Å². The van der Waals surface area contributed by atoms with Gasteiger partial charge in [-0.3, -0.25) is 9.67 Å². The maximum atomic E-state index is 4.24. The summed E-state index contributed by atoms with van der Waals surface area (Å²) >= 11 is 0. The third kappa shape index (κ3) is 3.13. The van der Waals surface area contributed by atoms with Gasteiger partial charge in [0, 0.05) is 31.2 Å². The van der Waals surface area contributed by atoms with E-state index in [1.807, 2.05) is 25.4 Å². The van der Waals surface area contributed by atoms with Crippen LogP contribution in [0.1, 0.15) is 11.3 Å². The first-order valence-corrected chi connectivity index (χ1v) is 5.31. The van der Waals surface area contributed by atoms with Crippen molar-refractivity contribution in [3.05, 3.63) is 42.0 Å². The van der Waals surface area contributed by atoms with Gasteiger partial charge in [-0.05, 0) is 18.6 Å². The van der Waals surface area contributed by atoms with Crippen LogP contribution in [0.2, 0.25) is 0 Å². The van der Waals surface area contributed by atoms with E-state index in [-0.39, 0.29) is 0 Å². The molecule has 5 heteroatoms. The fraction of sp³-hybridized carbons (Fsp3) is 0.364. The molecule has 0 unspecified atom stereocenters. The van der Waals surface area contributed by atoms with Gasteiger partial charge < -0.3 is 5.32 Å². The van der Waals surface area contributed by atoms with Crippen LogP contribution in [0.25, 0.3) is 0 Å². The molecule has 0 aliphatic rings. The molecule has 0 aliphatic heterocycles. The quantitative estimate of drug-likeness (QED) is 0.752. The molecule has 2 rings (SSSR count). The summed E-state index contributed by atoms with van der Waals surface area (Å²) in [5.74, 6) is 0. The van der Waals surface area contributed by atoms with Crippen LogP contribution < -0.4 is 5.32 Å². The zero-order valence-corrected chi connectivity index (χ0v) is 9.30. The summed E-state index contributed by atoms with van der Waals surface area (Å²) in [6.45, 7) is 4.53. The molecule has 0 amide bonds. The van der Waals surface area contributed by atoms with Gasteiger partial charge in [0.25, 0.3) is 0 Å². The second kappa shape index (κ2) is 5.37. The van der Waals surface area contributed by atoms with Crippen molar-refractivity contribution in [2.45, 2.75) is 20.0 Å². The van der Waals surface area contributed by atoms with Gasteiger partial charge in [-0.1, -0.05) is 11.3 Å². The van der Waals surface area contributed by atoms with Crippen LogP contribution >= 0.6 is 0 Å². The largest absolute Gasteiger partial charge is 0.311 e. The van der Waals surface area contributed by atoms with Crippen LogP contribution in [-0.2, 0) is 13.1 Å². The van der Waals surface area contributed by atoms with E-state index in [1.54, 1.807) is 10.9 Å². The molecule has 5 nitrogen and oxygen atoms in total. The zero-order valence-electron chi connectivity index (χ0n) is 9.30. The lowest BCUT2D eigenvalue weighted by atomic mass is 10.2.